The summed E-state index contributed by atoms with van der Waals surface area (Å²) in [5.74, 6) is 1.81. The van der Waals surface area contributed by atoms with Crippen LogP contribution in [0.1, 0.15) is 0 Å². The van der Waals surface area contributed by atoms with Crippen LogP contribution in [0.5, 0.6) is 17.2 Å². The lowest BCUT2D eigenvalue weighted by atomic mass is 10.2. The first-order chi connectivity index (χ1) is 11.7. The van der Waals surface area contributed by atoms with Crippen molar-refractivity contribution in [1.82, 2.24) is 4.98 Å². The van der Waals surface area contributed by atoms with Gasteiger partial charge in [-0.2, -0.15) is 0 Å². The first-order valence-electron chi connectivity index (χ1n) is 7.56. The molecule has 2 aromatic carbocycles. The molecule has 0 saturated heterocycles. The third-order valence-corrected chi connectivity index (χ3v) is 4.00. The van der Waals surface area contributed by atoms with Crippen LogP contribution in [0.4, 0.5) is 11.4 Å². The van der Waals surface area contributed by atoms with Crippen molar-refractivity contribution in [3.05, 3.63) is 48.7 Å². The smallest absolute Gasteiger partial charge is 0.203 e. The van der Waals surface area contributed by atoms with E-state index in [-0.39, 0.29) is 0 Å². The zero-order chi connectivity index (χ0) is 17.1. The van der Waals surface area contributed by atoms with Crippen LogP contribution in [0.3, 0.4) is 0 Å². The van der Waals surface area contributed by atoms with Gasteiger partial charge in [-0.15, -0.1) is 0 Å². The van der Waals surface area contributed by atoms with E-state index >= 15 is 0 Å². The quantitative estimate of drug-likeness (QED) is 0.709. The Morgan fingerprint density at radius 3 is 2.12 bits per heavy atom. The maximum Gasteiger partial charge on any atom is 0.203 e. The monoisotopic (exact) mass is 324 g/mol. The van der Waals surface area contributed by atoms with E-state index in [1.807, 2.05) is 48.5 Å². The summed E-state index contributed by atoms with van der Waals surface area (Å²) >= 11 is 0. The van der Waals surface area contributed by atoms with Gasteiger partial charge in [0, 0.05) is 30.3 Å². The number of para-hydroxylation sites is 1. The van der Waals surface area contributed by atoms with E-state index < -0.39 is 0 Å². The van der Waals surface area contributed by atoms with E-state index in [1.165, 1.54) is 0 Å². The molecular formula is C19H20N2O3. The zero-order valence-electron chi connectivity index (χ0n) is 14.2. The van der Waals surface area contributed by atoms with Crippen molar-refractivity contribution in [3.63, 3.8) is 0 Å². The number of anilines is 2. The molecule has 0 saturated carbocycles. The fourth-order valence-electron chi connectivity index (χ4n) is 2.65. The summed E-state index contributed by atoms with van der Waals surface area (Å²) in [5.41, 5.74) is 2.86. The molecule has 0 bridgehead atoms. The van der Waals surface area contributed by atoms with Gasteiger partial charge in [-0.1, -0.05) is 18.2 Å². The van der Waals surface area contributed by atoms with Crippen molar-refractivity contribution >= 4 is 22.3 Å². The van der Waals surface area contributed by atoms with Gasteiger partial charge < -0.3 is 19.1 Å². The maximum atomic E-state index is 5.43. The molecule has 0 aliphatic rings. The zero-order valence-corrected chi connectivity index (χ0v) is 14.2. The van der Waals surface area contributed by atoms with Crippen molar-refractivity contribution in [2.75, 3.05) is 33.3 Å². The predicted octanol–water partition coefficient (Wildman–Crippen LogP) is 4.03. The molecular weight excluding hydrogens is 304 g/mol. The summed E-state index contributed by atoms with van der Waals surface area (Å²) in [7, 11) is 6.79. The molecule has 0 aliphatic carbocycles. The second-order valence-electron chi connectivity index (χ2n) is 5.33. The van der Waals surface area contributed by atoms with E-state index in [2.05, 4.69) is 17.1 Å². The molecule has 1 heterocycles. The molecule has 0 radical (unpaired) electrons. The number of nitrogens with zero attached hydrogens (tertiary/aromatic N) is 2. The number of methoxy groups -OCH3 is 3. The lowest BCUT2D eigenvalue weighted by Crippen LogP contribution is -2.10. The Morgan fingerprint density at radius 2 is 1.50 bits per heavy atom. The normalized spacial score (nSPS) is 10.5. The van der Waals surface area contributed by atoms with Crippen molar-refractivity contribution in [1.29, 1.82) is 0 Å². The summed E-state index contributed by atoms with van der Waals surface area (Å²) in [6.45, 7) is 0. The standard InChI is InChI=1S/C19H20N2O3/c1-21(15-9-13-7-5-6-8-16(13)20-12-15)14-10-17(22-2)19(24-4)18(11-14)23-3/h5-12H,1-4H3. The number of hydrogen-bond donors (Lipinski definition) is 0. The van der Waals surface area contributed by atoms with E-state index in [4.69, 9.17) is 14.2 Å². The third kappa shape index (κ3) is 2.80. The average molecular weight is 324 g/mol. The van der Waals surface area contributed by atoms with Crippen molar-refractivity contribution in [3.8, 4) is 17.2 Å². The highest BCUT2D eigenvalue weighted by molar-refractivity contribution is 5.83. The Bertz CT molecular complexity index is 839. The lowest BCUT2D eigenvalue weighted by molar-refractivity contribution is 0.324. The van der Waals surface area contributed by atoms with Gasteiger partial charge in [-0.05, 0) is 12.1 Å². The molecule has 0 unspecified atom stereocenters. The van der Waals surface area contributed by atoms with Gasteiger partial charge in [0.15, 0.2) is 11.5 Å². The molecule has 0 fully saturated rings. The predicted molar refractivity (Wildman–Crippen MR) is 95.9 cm³/mol. The topological polar surface area (TPSA) is 43.8 Å². The molecule has 0 spiro atoms. The molecule has 124 valence electrons. The molecule has 5 heteroatoms. The van der Waals surface area contributed by atoms with Gasteiger partial charge >= 0.3 is 0 Å². The average Bonchev–Trinajstić information content (AvgIpc) is 2.65. The van der Waals surface area contributed by atoms with Gasteiger partial charge in [0.2, 0.25) is 5.75 Å². The SMILES string of the molecule is COc1cc(N(C)c2cnc3ccccc3c2)cc(OC)c1OC. The number of ether oxygens (including phenoxy) is 3. The number of pyridine rings is 1. The molecule has 0 N–H and O–H groups in total. The van der Waals surface area contributed by atoms with Crippen LogP contribution in [0, 0.1) is 0 Å². The highest BCUT2D eigenvalue weighted by atomic mass is 16.5. The van der Waals surface area contributed by atoms with E-state index in [1.54, 1.807) is 21.3 Å². The van der Waals surface area contributed by atoms with Crippen LogP contribution in [-0.4, -0.2) is 33.4 Å². The fourth-order valence-corrected chi connectivity index (χ4v) is 2.65. The van der Waals surface area contributed by atoms with E-state index in [0.29, 0.717) is 17.2 Å². The molecule has 5 nitrogen and oxygen atoms in total. The Labute approximate surface area is 141 Å². The minimum absolute atomic E-state index is 0.578. The number of hydrogen-bond acceptors (Lipinski definition) is 5. The number of fused-ring (bicyclic) bond motifs is 1. The van der Waals surface area contributed by atoms with Crippen LogP contribution < -0.4 is 19.1 Å². The third-order valence-electron chi connectivity index (χ3n) is 4.00. The van der Waals surface area contributed by atoms with Gasteiger partial charge in [-0.3, -0.25) is 4.98 Å². The minimum atomic E-state index is 0.578. The molecule has 24 heavy (non-hydrogen) atoms. The molecule has 0 aliphatic heterocycles. The summed E-state index contributed by atoms with van der Waals surface area (Å²) in [6, 6.07) is 14.0. The summed E-state index contributed by atoms with van der Waals surface area (Å²) in [6.07, 6.45) is 1.85. The summed E-state index contributed by atoms with van der Waals surface area (Å²) < 4.78 is 16.2. The Hall–Kier alpha value is -2.95. The first kappa shape index (κ1) is 15.9. The van der Waals surface area contributed by atoms with Crippen molar-refractivity contribution in [2.45, 2.75) is 0 Å². The fraction of sp³-hybridized carbons (Fsp3) is 0.211. The molecule has 3 aromatic rings. The van der Waals surface area contributed by atoms with Crippen LogP contribution in [-0.2, 0) is 0 Å². The number of rotatable bonds is 5. The highest BCUT2D eigenvalue weighted by Gasteiger charge is 2.16. The van der Waals surface area contributed by atoms with Crippen molar-refractivity contribution < 1.29 is 14.2 Å². The van der Waals surface area contributed by atoms with Crippen LogP contribution in [0.15, 0.2) is 48.7 Å². The van der Waals surface area contributed by atoms with Crippen LogP contribution in [0.25, 0.3) is 10.9 Å². The maximum absolute atomic E-state index is 5.43. The highest BCUT2D eigenvalue weighted by Crippen LogP contribution is 2.42. The van der Waals surface area contributed by atoms with Crippen LogP contribution >= 0.6 is 0 Å². The number of aromatic nitrogens is 1. The van der Waals surface area contributed by atoms with Crippen molar-refractivity contribution in [2.24, 2.45) is 0 Å². The lowest BCUT2D eigenvalue weighted by Gasteiger charge is -2.22. The largest absolute Gasteiger partial charge is 0.493 e. The Balaban J connectivity index is 2.06. The summed E-state index contributed by atoms with van der Waals surface area (Å²) in [5, 5.41) is 1.09. The Morgan fingerprint density at radius 1 is 0.833 bits per heavy atom. The van der Waals surface area contributed by atoms with Gasteiger partial charge in [0.1, 0.15) is 0 Å². The summed E-state index contributed by atoms with van der Waals surface area (Å²) in [4.78, 5) is 6.55. The first-order valence-corrected chi connectivity index (χ1v) is 7.56. The molecule has 0 amide bonds. The molecule has 0 atom stereocenters. The van der Waals surface area contributed by atoms with Gasteiger partial charge in [0.25, 0.3) is 0 Å². The minimum Gasteiger partial charge on any atom is -0.493 e. The molecule has 3 rings (SSSR count). The van der Waals surface area contributed by atoms with E-state index in [0.717, 1.165) is 22.3 Å². The van der Waals surface area contributed by atoms with Gasteiger partial charge in [0.05, 0.1) is 38.7 Å². The second kappa shape index (κ2) is 6.66. The second-order valence-corrected chi connectivity index (χ2v) is 5.33. The number of benzene rings is 2. The van der Waals surface area contributed by atoms with Gasteiger partial charge in [-0.25, -0.2) is 0 Å². The molecule has 1 aromatic heterocycles. The Kier molecular flexibility index (Phi) is 4.42. The van der Waals surface area contributed by atoms with Crippen LogP contribution in [0.2, 0.25) is 0 Å². The van der Waals surface area contributed by atoms with E-state index in [9.17, 15) is 0 Å².